The van der Waals surface area contributed by atoms with Gasteiger partial charge in [-0.3, -0.25) is 4.99 Å². The Kier molecular flexibility index (Phi) is 6.01. The number of allylic oxidation sites excluding steroid dienone is 1. The molecule has 0 aliphatic rings. The average Bonchev–Trinajstić information content (AvgIpc) is 2.44. The Hall–Kier alpha value is -1.89. The van der Waals surface area contributed by atoms with Crippen LogP contribution in [0.25, 0.3) is 0 Å². The molecule has 0 radical (unpaired) electrons. The number of nitrogens with zero attached hydrogens (tertiary/aromatic N) is 3. The van der Waals surface area contributed by atoms with Gasteiger partial charge in [-0.1, -0.05) is 11.8 Å². The van der Waals surface area contributed by atoms with Gasteiger partial charge in [0, 0.05) is 13.2 Å². The number of thioether (sulfide) groups is 1. The van der Waals surface area contributed by atoms with E-state index in [-0.39, 0.29) is 12.3 Å². The maximum Gasteiger partial charge on any atom is 0.354 e. The number of aromatic nitrogens is 2. The topological polar surface area (TPSA) is 90.5 Å². The zero-order valence-electron chi connectivity index (χ0n) is 11.1. The number of nitrogens with two attached hydrogens (primary N) is 1. The van der Waals surface area contributed by atoms with Gasteiger partial charge < -0.3 is 10.5 Å². The molecule has 0 spiro atoms. The van der Waals surface area contributed by atoms with Crippen LogP contribution in [0.1, 0.15) is 12.6 Å². The standard InChI is InChI=1S/C12H16N4O2S/c1-4-18-11(17)8(13)7-10(14-2)9-5-6-15-12(16-9)19-3/h5-7H,4,13H2,1-3H3. The van der Waals surface area contributed by atoms with Crippen LogP contribution in [0.5, 0.6) is 0 Å². The van der Waals surface area contributed by atoms with E-state index in [1.807, 2.05) is 6.26 Å². The highest BCUT2D eigenvalue weighted by Crippen LogP contribution is 2.09. The zero-order chi connectivity index (χ0) is 14.3. The van der Waals surface area contributed by atoms with Crippen LogP contribution in [-0.2, 0) is 9.53 Å². The van der Waals surface area contributed by atoms with Crippen molar-refractivity contribution in [3.63, 3.8) is 0 Å². The minimum atomic E-state index is -0.567. The first-order valence-electron chi connectivity index (χ1n) is 5.60. The Bertz CT molecular complexity index is 514. The van der Waals surface area contributed by atoms with Crippen molar-refractivity contribution in [2.45, 2.75) is 12.1 Å². The van der Waals surface area contributed by atoms with Crippen molar-refractivity contribution < 1.29 is 9.53 Å². The quantitative estimate of drug-likeness (QED) is 0.285. The number of ether oxygens (including phenoxy) is 1. The van der Waals surface area contributed by atoms with Crippen LogP contribution in [0.4, 0.5) is 0 Å². The van der Waals surface area contributed by atoms with Crippen molar-refractivity contribution in [3.05, 3.63) is 29.7 Å². The van der Waals surface area contributed by atoms with Crippen LogP contribution in [-0.4, -0.2) is 41.6 Å². The van der Waals surface area contributed by atoms with E-state index >= 15 is 0 Å². The SMILES string of the molecule is CCOC(=O)C(N)=CC(=NC)c1ccnc(SC)n1. The van der Waals surface area contributed by atoms with Crippen molar-refractivity contribution in [3.8, 4) is 0 Å². The second kappa shape index (κ2) is 7.52. The predicted octanol–water partition coefficient (Wildman–Crippen LogP) is 1.02. The lowest BCUT2D eigenvalue weighted by atomic mass is 10.2. The Morgan fingerprint density at radius 2 is 2.37 bits per heavy atom. The molecule has 1 rings (SSSR count). The summed E-state index contributed by atoms with van der Waals surface area (Å²) in [5.74, 6) is -0.567. The van der Waals surface area contributed by atoms with Gasteiger partial charge in [0.25, 0.3) is 0 Å². The maximum atomic E-state index is 11.4. The molecule has 0 bridgehead atoms. The predicted molar refractivity (Wildman–Crippen MR) is 75.2 cm³/mol. The van der Waals surface area contributed by atoms with Gasteiger partial charge in [-0.2, -0.15) is 0 Å². The molecule has 1 heterocycles. The maximum absolute atomic E-state index is 11.4. The Labute approximate surface area is 116 Å². The molecule has 6 nitrogen and oxygen atoms in total. The summed E-state index contributed by atoms with van der Waals surface area (Å²) in [5.41, 5.74) is 6.75. The number of aliphatic imine (C=N–C) groups is 1. The third-order valence-electron chi connectivity index (χ3n) is 2.12. The number of esters is 1. The van der Waals surface area contributed by atoms with E-state index in [0.29, 0.717) is 16.6 Å². The molecule has 7 heteroatoms. The number of rotatable bonds is 5. The summed E-state index contributed by atoms with van der Waals surface area (Å²) in [6.45, 7) is 1.99. The molecule has 0 aliphatic carbocycles. The van der Waals surface area contributed by atoms with Gasteiger partial charge in [0.1, 0.15) is 5.70 Å². The molecular formula is C12H16N4O2S. The van der Waals surface area contributed by atoms with Gasteiger partial charge >= 0.3 is 5.97 Å². The van der Waals surface area contributed by atoms with Crippen LogP contribution in [0, 0.1) is 0 Å². The summed E-state index contributed by atoms with van der Waals surface area (Å²) in [7, 11) is 1.60. The van der Waals surface area contributed by atoms with E-state index in [0.717, 1.165) is 0 Å². The molecule has 1 aromatic heterocycles. The summed E-state index contributed by atoms with van der Waals surface area (Å²) >= 11 is 1.42. The first kappa shape index (κ1) is 15.2. The molecular weight excluding hydrogens is 264 g/mol. The monoisotopic (exact) mass is 280 g/mol. The molecule has 0 atom stereocenters. The van der Waals surface area contributed by atoms with E-state index in [1.165, 1.54) is 17.8 Å². The molecule has 102 valence electrons. The second-order valence-corrected chi connectivity index (χ2v) is 4.13. The average molecular weight is 280 g/mol. The largest absolute Gasteiger partial charge is 0.461 e. The van der Waals surface area contributed by atoms with Crippen molar-refractivity contribution in [1.82, 2.24) is 9.97 Å². The highest BCUT2D eigenvalue weighted by atomic mass is 32.2. The minimum Gasteiger partial charge on any atom is -0.461 e. The number of carbonyl (C=O) groups is 1. The summed E-state index contributed by atoms with van der Waals surface area (Å²) < 4.78 is 4.81. The van der Waals surface area contributed by atoms with E-state index < -0.39 is 5.97 Å². The summed E-state index contributed by atoms with van der Waals surface area (Å²) in [6, 6.07) is 1.71. The fourth-order valence-corrected chi connectivity index (χ4v) is 1.61. The fourth-order valence-electron chi connectivity index (χ4n) is 1.26. The molecule has 0 aromatic carbocycles. The van der Waals surface area contributed by atoms with Crippen molar-refractivity contribution in [2.75, 3.05) is 19.9 Å². The third-order valence-corrected chi connectivity index (χ3v) is 2.68. The lowest BCUT2D eigenvalue weighted by Gasteiger charge is -2.04. The van der Waals surface area contributed by atoms with Crippen molar-refractivity contribution in [2.24, 2.45) is 10.7 Å². The van der Waals surface area contributed by atoms with Gasteiger partial charge in [-0.25, -0.2) is 14.8 Å². The Morgan fingerprint density at radius 1 is 1.63 bits per heavy atom. The first-order valence-corrected chi connectivity index (χ1v) is 6.83. The fraction of sp³-hybridized carbons (Fsp3) is 0.333. The van der Waals surface area contributed by atoms with Crippen molar-refractivity contribution in [1.29, 1.82) is 0 Å². The van der Waals surface area contributed by atoms with E-state index in [4.69, 9.17) is 10.5 Å². The van der Waals surface area contributed by atoms with Gasteiger partial charge in [-0.15, -0.1) is 0 Å². The van der Waals surface area contributed by atoms with E-state index in [1.54, 1.807) is 26.2 Å². The number of hydrogen-bond donors (Lipinski definition) is 1. The van der Waals surface area contributed by atoms with Gasteiger partial charge in [-0.05, 0) is 25.3 Å². The highest BCUT2D eigenvalue weighted by molar-refractivity contribution is 7.98. The second-order valence-electron chi connectivity index (χ2n) is 3.36. The zero-order valence-corrected chi connectivity index (χ0v) is 11.9. The molecule has 0 unspecified atom stereocenters. The Balaban J connectivity index is 3.01. The summed E-state index contributed by atoms with van der Waals surface area (Å²) in [6.07, 6.45) is 4.96. The van der Waals surface area contributed by atoms with Gasteiger partial charge in [0.05, 0.1) is 18.0 Å². The van der Waals surface area contributed by atoms with Crippen molar-refractivity contribution >= 4 is 23.4 Å². The normalized spacial score (nSPS) is 12.4. The van der Waals surface area contributed by atoms with Crippen LogP contribution in [0.3, 0.4) is 0 Å². The Morgan fingerprint density at radius 3 is 2.95 bits per heavy atom. The van der Waals surface area contributed by atoms with E-state index in [2.05, 4.69) is 15.0 Å². The molecule has 1 aromatic rings. The molecule has 0 aliphatic heterocycles. The molecule has 0 saturated carbocycles. The van der Waals surface area contributed by atoms with Gasteiger partial charge in [0.2, 0.25) is 0 Å². The number of hydrogen-bond acceptors (Lipinski definition) is 7. The summed E-state index contributed by atoms with van der Waals surface area (Å²) in [4.78, 5) is 23.9. The molecule has 19 heavy (non-hydrogen) atoms. The first-order chi connectivity index (χ1) is 9.12. The van der Waals surface area contributed by atoms with Crippen LogP contribution in [0.15, 0.2) is 34.2 Å². The highest BCUT2D eigenvalue weighted by Gasteiger charge is 2.10. The summed E-state index contributed by atoms with van der Waals surface area (Å²) in [5, 5.41) is 0.627. The number of carbonyl (C=O) groups excluding carboxylic acids is 1. The third kappa shape index (κ3) is 4.36. The van der Waals surface area contributed by atoms with Gasteiger partial charge in [0.15, 0.2) is 5.16 Å². The van der Waals surface area contributed by atoms with Crippen LogP contribution >= 0.6 is 11.8 Å². The lowest BCUT2D eigenvalue weighted by molar-refractivity contribution is -0.138. The van der Waals surface area contributed by atoms with E-state index in [9.17, 15) is 4.79 Å². The van der Waals surface area contributed by atoms with Crippen LogP contribution < -0.4 is 5.73 Å². The smallest absolute Gasteiger partial charge is 0.354 e. The molecule has 2 N–H and O–H groups in total. The molecule has 0 saturated heterocycles. The molecule has 0 amide bonds. The molecule has 0 fully saturated rings. The van der Waals surface area contributed by atoms with Crippen LogP contribution in [0.2, 0.25) is 0 Å². The lowest BCUT2D eigenvalue weighted by Crippen LogP contribution is -2.17. The minimum absolute atomic E-state index is 0.00763.